The van der Waals surface area contributed by atoms with Gasteiger partial charge in [-0.25, -0.2) is 0 Å². The number of oxime groups is 1. The van der Waals surface area contributed by atoms with E-state index in [9.17, 15) is 0 Å². The first-order chi connectivity index (χ1) is 6.85. The van der Waals surface area contributed by atoms with Crippen LogP contribution in [0, 0.1) is 0 Å². The molecule has 0 rings (SSSR count). The Bertz CT molecular complexity index is 176. The highest BCUT2D eigenvalue weighted by Crippen LogP contribution is 2.02. The van der Waals surface area contributed by atoms with Crippen LogP contribution < -0.4 is 5.32 Å². The third-order valence-electron chi connectivity index (χ3n) is 2.05. The van der Waals surface area contributed by atoms with Crippen molar-refractivity contribution in [2.75, 3.05) is 6.54 Å². The summed E-state index contributed by atoms with van der Waals surface area (Å²) in [6.07, 6.45) is 9.14. The molecule has 0 saturated carbocycles. The molecule has 0 saturated heterocycles. The molecule has 0 bridgehead atoms. The summed E-state index contributed by atoms with van der Waals surface area (Å²) in [6.45, 7) is 4.98. The van der Waals surface area contributed by atoms with Gasteiger partial charge in [-0.2, -0.15) is 0 Å². The Morgan fingerprint density at radius 3 is 2.71 bits per heavy atom. The molecule has 0 aromatic heterocycles. The molecule has 0 aromatic rings. The minimum Gasteiger partial charge on any atom is -0.411 e. The van der Waals surface area contributed by atoms with E-state index in [1.807, 2.05) is 19.2 Å². The maximum atomic E-state index is 8.72. The van der Waals surface area contributed by atoms with Gasteiger partial charge in [-0.1, -0.05) is 31.0 Å². The fourth-order valence-corrected chi connectivity index (χ4v) is 1.22. The summed E-state index contributed by atoms with van der Waals surface area (Å²) < 4.78 is 0. The summed E-state index contributed by atoms with van der Waals surface area (Å²) in [6, 6.07) is 0. The molecule has 0 fully saturated rings. The molecule has 0 aliphatic heterocycles. The number of nitrogens with one attached hydrogen (secondary N) is 1. The van der Waals surface area contributed by atoms with Crippen LogP contribution in [0.15, 0.2) is 17.4 Å². The highest BCUT2D eigenvalue weighted by atomic mass is 16.4. The second-order valence-electron chi connectivity index (χ2n) is 3.33. The van der Waals surface area contributed by atoms with Crippen LogP contribution in [0.2, 0.25) is 0 Å². The molecule has 0 heterocycles. The van der Waals surface area contributed by atoms with Crippen molar-refractivity contribution in [3.63, 3.8) is 0 Å². The zero-order valence-electron chi connectivity index (χ0n) is 9.29. The van der Waals surface area contributed by atoms with Gasteiger partial charge in [-0.3, -0.25) is 0 Å². The number of nitrogens with zero attached hydrogens (tertiary/aromatic N) is 1. The SMILES string of the molecule is CC=CNCCC(CCCCC)=NO. The highest BCUT2D eigenvalue weighted by molar-refractivity contribution is 5.83. The maximum Gasteiger partial charge on any atom is 0.0588 e. The monoisotopic (exact) mass is 198 g/mol. The largest absolute Gasteiger partial charge is 0.411 e. The normalized spacial score (nSPS) is 12.3. The topological polar surface area (TPSA) is 44.6 Å². The molecule has 0 atom stereocenters. The van der Waals surface area contributed by atoms with Gasteiger partial charge in [-0.05, 0) is 26.0 Å². The summed E-state index contributed by atoms with van der Waals surface area (Å²) >= 11 is 0. The van der Waals surface area contributed by atoms with E-state index < -0.39 is 0 Å². The molecular formula is C11H22N2O. The lowest BCUT2D eigenvalue weighted by Crippen LogP contribution is -2.12. The average Bonchev–Trinajstić information content (AvgIpc) is 2.22. The van der Waals surface area contributed by atoms with E-state index in [-0.39, 0.29) is 0 Å². The molecular weight excluding hydrogens is 176 g/mol. The summed E-state index contributed by atoms with van der Waals surface area (Å²) in [5.41, 5.74) is 0.899. The second-order valence-corrected chi connectivity index (χ2v) is 3.33. The Morgan fingerprint density at radius 1 is 1.36 bits per heavy atom. The smallest absolute Gasteiger partial charge is 0.0588 e. The van der Waals surface area contributed by atoms with Gasteiger partial charge in [0.15, 0.2) is 0 Å². The van der Waals surface area contributed by atoms with E-state index in [1.165, 1.54) is 12.8 Å². The third kappa shape index (κ3) is 7.65. The van der Waals surface area contributed by atoms with Gasteiger partial charge in [0.2, 0.25) is 0 Å². The Labute approximate surface area is 86.9 Å². The molecule has 3 nitrogen and oxygen atoms in total. The Kier molecular flexibility index (Phi) is 9.38. The molecule has 0 aliphatic rings. The zero-order valence-corrected chi connectivity index (χ0v) is 9.29. The van der Waals surface area contributed by atoms with Crippen molar-refractivity contribution in [1.82, 2.24) is 5.32 Å². The highest BCUT2D eigenvalue weighted by Gasteiger charge is 1.98. The Balaban J connectivity index is 3.49. The summed E-state index contributed by atoms with van der Waals surface area (Å²) in [5, 5.41) is 15.2. The molecule has 14 heavy (non-hydrogen) atoms. The molecule has 82 valence electrons. The van der Waals surface area contributed by atoms with E-state index in [0.29, 0.717) is 0 Å². The Hall–Kier alpha value is -0.990. The average molecular weight is 198 g/mol. The van der Waals surface area contributed by atoms with Crippen LogP contribution in [0.25, 0.3) is 0 Å². The summed E-state index contributed by atoms with van der Waals surface area (Å²) in [7, 11) is 0. The van der Waals surface area contributed by atoms with Gasteiger partial charge in [-0.15, -0.1) is 0 Å². The van der Waals surface area contributed by atoms with Crippen molar-refractivity contribution in [1.29, 1.82) is 0 Å². The van der Waals surface area contributed by atoms with E-state index in [1.54, 1.807) is 0 Å². The fraction of sp³-hybridized carbons (Fsp3) is 0.727. The van der Waals surface area contributed by atoms with Crippen molar-refractivity contribution < 1.29 is 5.21 Å². The molecule has 0 aromatic carbocycles. The van der Waals surface area contributed by atoms with E-state index >= 15 is 0 Å². The summed E-state index contributed by atoms with van der Waals surface area (Å²) in [5.74, 6) is 0. The van der Waals surface area contributed by atoms with Crippen molar-refractivity contribution in [3.8, 4) is 0 Å². The van der Waals surface area contributed by atoms with Gasteiger partial charge in [0.1, 0.15) is 0 Å². The molecule has 0 radical (unpaired) electrons. The van der Waals surface area contributed by atoms with Crippen LogP contribution in [0.1, 0.15) is 46.0 Å². The molecule has 3 heteroatoms. The van der Waals surface area contributed by atoms with Crippen molar-refractivity contribution in [2.24, 2.45) is 5.16 Å². The van der Waals surface area contributed by atoms with Gasteiger partial charge >= 0.3 is 0 Å². The molecule has 0 spiro atoms. The maximum absolute atomic E-state index is 8.72. The number of hydrogen-bond donors (Lipinski definition) is 2. The van der Waals surface area contributed by atoms with Crippen molar-refractivity contribution >= 4 is 5.71 Å². The second kappa shape index (κ2) is 10.1. The number of allylic oxidation sites excluding steroid dienone is 1. The molecule has 0 aliphatic carbocycles. The van der Waals surface area contributed by atoms with E-state index in [2.05, 4.69) is 17.4 Å². The lowest BCUT2D eigenvalue weighted by molar-refractivity contribution is 0.315. The first-order valence-electron chi connectivity index (χ1n) is 5.39. The van der Waals surface area contributed by atoms with Crippen LogP contribution in [0.5, 0.6) is 0 Å². The van der Waals surface area contributed by atoms with Gasteiger partial charge < -0.3 is 10.5 Å². The van der Waals surface area contributed by atoms with E-state index in [4.69, 9.17) is 5.21 Å². The molecule has 2 N–H and O–H groups in total. The van der Waals surface area contributed by atoms with Crippen LogP contribution in [0.3, 0.4) is 0 Å². The quantitative estimate of drug-likeness (QED) is 0.272. The Morgan fingerprint density at radius 2 is 2.14 bits per heavy atom. The number of unbranched alkanes of at least 4 members (excludes halogenated alkanes) is 2. The predicted octanol–water partition coefficient (Wildman–Crippen LogP) is 2.91. The first kappa shape index (κ1) is 13.0. The van der Waals surface area contributed by atoms with Crippen LogP contribution in [-0.2, 0) is 0 Å². The van der Waals surface area contributed by atoms with Crippen LogP contribution >= 0.6 is 0 Å². The van der Waals surface area contributed by atoms with Crippen LogP contribution in [0.4, 0.5) is 0 Å². The lowest BCUT2D eigenvalue weighted by atomic mass is 10.1. The third-order valence-corrected chi connectivity index (χ3v) is 2.05. The summed E-state index contributed by atoms with van der Waals surface area (Å²) in [4.78, 5) is 0. The van der Waals surface area contributed by atoms with Gasteiger partial charge in [0, 0.05) is 13.0 Å². The standard InChI is InChI=1S/C11H22N2O/c1-3-5-6-7-11(13-14)8-10-12-9-4-2/h4,9,12,14H,3,5-8,10H2,1-2H3. The minimum atomic E-state index is 0.824. The number of rotatable bonds is 8. The van der Waals surface area contributed by atoms with E-state index in [0.717, 1.165) is 31.5 Å². The lowest BCUT2D eigenvalue weighted by Gasteiger charge is -2.03. The fourth-order valence-electron chi connectivity index (χ4n) is 1.22. The van der Waals surface area contributed by atoms with Crippen LogP contribution in [-0.4, -0.2) is 17.5 Å². The van der Waals surface area contributed by atoms with Crippen molar-refractivity contribution in [2.45, 2.75) is 46.0 Å². The van der Waals surface area contributed by atoms with Crippen molar-refractivity contribution in [3.05, 3.63) is 12.3 Å². The molecule has 0 amide bonds. The van der Waals surface area contributed by atoms with Gasteiger partial charge in [0.05, 0.1) is 5.71 Å². The first-order valence-corrected chi connectivity index (χ1v) is 5.39. The van der Waals surface area contributed by atoms with Gasteiger partial charge in [0.25, 0.3) is 0 Å². The predicted molar refractivity (Wildman–Crippen MR) is 60.8 cm³/mol. The number of hydrogen-bond acceptors (Lipinski definition) is 3. The minimum absolute atomic E-state index is 0.824. The molecule has 0 unspecified atom stereocenters. The zero-order chi connectivity index (χ0) is 10.6.